The van der Waals surface area contributed by atoms with Crippen molar-refractivity contribution >= 4 is 17.5 Å². The Morgan fingerprint density at radius 3 is 1.58 bits per heavy atom. The molecule has 154 valence electrons. The molecule has 1 fully saturated rings. The summed E-state index contributed by atoms with van der Waals surface area (Å²) in [5, 5.41) is 0. The molecule has 1 heterocycles. The smallest absolute Gasteiger partial charge is 0.238 e. The Hall–Kier alpha value is -3.66. The SMILES string of the molecule is COc1ccccc1N1C(=O)[C@@H]2[C@H](C1=O)[C@H](c1ccccc1)C=C[C@H]2c1ccccc1. The van der Waals surface area contributed by atoms with Gasteiger partial charge in [0.2, 0.25) is 11.8 Å². The third kappa shape index (κ3) is 3.15. The van der Waals surface area contributed by atoms with Crippen LogP contribution in [0.25, 0.3) is 0 Å². The quantitative estimate of drug-likeness (QED) is 0.453. The van der Waals surface area contributed by atoms with E-state index in [1.54, 1.807) is 19.2 Å². The van der Waals surface area contributed by atoms with Gasteiger partial charge in [0.1, 0.15) is 5.75 Å². The summed E-state index contributed by atoms with van der Waals surface area (Å²) in [4.78, 5) is 28.9. The molecular formula is C27H23NO3. The van der Waals surface area contributed by atoms with E-state index in [0.717, 1.165) is 11.1 Å². The molecule has 0 saturated carbocycles. The van der Waals surface area contributed by atoms with Crippen LogP contribution in [-0.2, 0) is 9.59 Å². The van der Waals surface area contributed by atoms with Crippen LogP contribution < -0.4 is 9.64 Å². The number of methoxy groups -OCH3 is 1. The van der Waals surface area contributed by atoms with Gasteiger partial charge in [0.15, 0.2) is 0 Å². The van der Waals surface area contributed by atoms with E-state index in [1.165, 1.54) is 4.90 Å². The summed E-state index contributed by atoms with van der Waals surface area (Å²) in [6, 6.07) is 27.1. The van der Waals surface area contributed by atoms with E-state index in [4.69, 9.17) is 4.74 Å². The van der Waals surface area contributed by atoms with Crippen molar-refractivity contribution < 1.29 is 14.3 Å². The van der Waals surface area contributed by atoms with Gasteiger partial charge in [-0.15, -0.1) is 0 Å². The number of fused-ring (bicyclic) bond motifs is 1. The standard InChI is InChI=1S/C27H23NO3/c1-31-23-15-9-8-14-22(23)28-26(29)24-20(18-10-4-2-5-11-18)16-17-21(25(24)27(28)30)19-12-6-3-7-13-19/h2-17,20-21,24-25H,1H3/t20-,21-,24-,25+/m0/s1. The molecule has 2 aliphatic rings. The Morgan fingerprint density at radius 1 is 0.645 bits per heavy atom. The van der Waals surface area contributed by atoms with Gasteiger partial charge in [-0.2, -0.15) is 0 Å². The summed E-state index contributed by atoms with van der Waals surface area (Å²) in [5.41, 5.74) is 2.60. The number of amides is 2. The molecule has 3 aromatic rings. The van der Waals surface area contributed by atoms with Crippen molar-refractivity contribution in [2.75, 3.05) is 12.0 Å². The zero-order chi connectivity index (χ0) is 21.4. The average Bonchev–Trinajstić information content (AvgIpc) is 3.10. The maximum Gasteiger partial charge on any atom is 0.238 e. The van der Waals surface area contributed by atoms with Crippen LogP contribution in [0.3, 0.4) is 0 Å². The second kappa shape index (κ2) is 7.88. The van der Waals surface area contributed by atoms with E-state index in [0.29, 0.717) is 11.4 Å². The molecule has 4 nitrogen and oxygen atoms in total. The Bertz CT molecular complexity index is 1070. The Labute approximate surface area is 181 Å². The van der Waals surface area contributed by atoms with E-state index >= 15 is 0 Å². The first-order valence-electron chi connectivity index (χ1n) is 10.5. The lowest BCUT2D eigenvalue weighted by Gasteiger charge is -2.32. The fraction of sp³-hybridized carbons (Fsp3) is 0.185. The highest BCUT2D eigenvalue weighted by molar-refractivity contribution is 6.23. The highest BCUT2D eigenvalue weighted by Gasteiger charge is 2.55. The lowest BCUT2D eigenvalue weighted by Crippen LogP contribution is -2.32. The Kier molecular flexibility index (Phi) is 4.91. The third-order valence-corrected chi connectivity index (χ3v) is 6.39. The van der Waals surface area contributed by atoms with Crippen molar-refractivity contribution in [1.29, 1.82) is 0 Å². The molecule has 31 heavy (non-hydrogen) atoms. The number of para-hydroxylation sites is 2. The number of carbonyl (C=O) groups excluding carboxylic acids is 2. The molecule has 1 aliphatic carbocycles. The number of allylic oxidation sites excluding steroid dienone is 2. The van der Waals surface area contributed by atoms with Crippen LogP contribution in [0.15, 0.2) is 97.1 Å². The minimum absolute atomic E-state index is 0.151. The van der Waals surface area contributed by atoms with Gasteiger partial charge in [-0.3, -0.25) is 9.59 Å². The number of rotatable bonds is 4. The molecule has 0 unspecified atom stereocenters. The van der Waals surface area contributed by atoms with Crippen LogP contribution in [0, 0.1) is 11.8 Å². The molecule has 5 rings (SSSR count). The van der Waals surface area contributed by atoms with Gasteiger partial charge in [0.25, 0.3) is 0 Å². The maximum absolute atomic E-state index is 13.8. The van der Waals surface area contributed by atoms with E-state index in [9.17, 15) is 9.59 Å². The Balaban J connectivity index is 1.65. The Morgan fingerprint density at radius 2 is 1.10 bits per heavy atom. The molecule has 0 aromatic heterocycles. The van der Waals surface area contributed by atoms with Crippen molar-refractivity contribution in [3.05, 3.63) is 108 Å². The number of hydrogen-bond acceptors (Lipinski definition) is 3. The van der Waals surface area contributed by atoms with Gasteiger partial charge in [0.05, 0.1) is 24.6 Å². The van der Waals surface area contributed by atoms with Gasteiger partial charge in [-0.05, 0) is 23.3 Å². The topological polar surface area (TPSA) is 46.6 Å². The number of nitrogens with zero attached hydrogens (tertiary/aromatic N) is 1. The first-order valence-corrected chi connectivity index (χ1v) is 10.5. The van der Waals surface area contributed by atoms with E-state index in [1.807, 2.05) is 72.8 Å². The molecule has 0 N–H and O–H groups in total. The van der Waals surface area contributed by atoms with Crippen molar-refractivity contribution in [2.45, 2.75) is 11.8 Å². The van der Waals surface area contributed by atoms with Crippen LogP contribution in [0.5, 0.6) is 5.75 Å². The number of hydrogen-bond donors (Lipinski definition) is 0. The zero-order valence-corrected chi connectivity index (χ0v) is 17.2. The number of imide groups is 1. The third-order valence-electron chi connectivity index (χ3n) is 6.39. The highest BCUT2D eigenvalue weighted by Crippen LogP contribution is 2.51. The molecule has 4 atom stereocenters. The van der Waals surface area contributed by atoms with Gasteiger partial charge in [0, 0.05) is 11.8 Å². The molecule has 0 bridgehead atoms. The summed E-state index contributed by atoms with van der Waals surface area (Å²) in [6.45, 7) is 0. The van der Waals surface area contributed by atoms with Gasteiger partial charge in [-0.1, -0.05) is 84.9 Å². The number of benzene rings is 3. The molecule has 0 radical (unpaired) electrons. The normalized spacial score (nSPS) is 24.9. The molecule has 3 aromatic carbocycles. The summed E-state index contributed by atoms with van der Waals surface area (Å²) in [7, 11) is 1.55. The van der Waals surface area contributed by atoms with Crippen molar-refractivity contribution in [3.63, 3.8) is 0 Å². The van der Waals surface area contributed by atoms with Crippen molar-refractivity contribution in [3.8, 4) is 5.75 Å². The van der Waals surface area contributed by atoms with Crippen LogP contribution in [0.2, 0.25) is 0 Å². The molecule has 1 aliphatic heterocycles. The minimum atomic E-state index is -0.463. The lowest BCUT2D eigenvalue weighted by molar-refractivity contribution is -0.122. The van der Waals surface area contributed by atoms with Crippen molar-refractivity contribution in [1.82, 2.24) is 0 Å². The summed E-state index contributed by atoms with van der Waals surface area (Å²) in [6.07, 6.45) is 4.20. The van der Waals surface area contributed by atoms with Crippen LogP contribution in [0.1, 0.15) is 23.0 Å². The molecule has 1 saturated heterocycles. The van der Waals surface area contributed by atoms with Crippen LogP contribution in [-0.4, -0.2) is 18.9 Å². The largest absolute Gasteiger partial charge is 0.495 e. The molecular weight excluding hydrogens is 386 g/mol. The van der Waals surface area contributed by atoms with Gasteiger partial charge in [-0.25, -0.2) is 4.90 Å². The van der Waals surface area contributed by atoms with E-state index in [2.05, 4.69) is 12.2 Å². The highest BCUT2D eigenvalue weighted by atomic mass is 16.5. The van der Waals surface area contributed by atoms with E-state index in [-0.39, 0.29) is 23.7 Å². The second-order valence-electron chi connectivity index (χ2n) is 7.99. The summed E-state index contributed by atoms with van der Waals surface area (Å²) in [5.74, 6) is -1.05. The molecule has 2 amide bonds. The van der Waals surface area contributed by atoms with Crippen LogP contribution >= 0.6 is 0 Å². The number of ether oxygens (including phenoxy) is 1. The van der Waals surface area contributed by atoms with Crippen LogP contribution in [0.4, 0.5) is 5.69 Å². The fourth-order valence-electron chi connectivity index (χ4n) is 4.99. The molecule has 4 heteroatoms. The zero-order valence-electron chi connectivity index (χ0n) is 17.2. The first-order chi connectivity index (χ1) is 15.2. The number of carbonyl (C=O) groups is 2. The van der Waals surface area contributed by atoms with Crippen molar-refractivity contribution in [2.24, 2.45) is 11.8 Å². The minimum Gasteiger partial charge on any atom is -0.495 e. The average molecular weight is 409 g/mol. The lowest BCUT2D eigenvalue weighted by atomic mass is 9.68. The molecule has 0 spiro atoms. The maximum atomic E-state index is 13.8. The van der Waals surface area contributed by atoms with Gasteiger partial charge < -0.3 is 4.74 Å². The fourth-order valence-corrected chi connectivity index (χ4v) is 4.99. The number of anilines is 1. The predicted octanol–water partition coefficient (Wildman–Crippen LogP) is 4.94. The predicted molar refractivity (Wildman–Crippen MR) is 120 cm³/mol. The summed E-state index contributed by atoms with van der Waals surface area (Å²) >= 11 is 0. The monoisotopic (exact) mass is 409 g/mol. The van der Waals surface area contributed by atoms with E-state index < -0.39 is 11.8 Å². The van der Waals surface area contributed by atoms with Gasteiger partial charge >= 0.3 is 0 Å². The second-order valence-corrected chi connectivity index (χ2v) is 7.99. The summed E-state index contributed by atoms with van der Waals surface area (Å²) < 4.78 is 5.47. The first kappa shape index (κ1) is 19.3.